The quantitative estimate of drug-likeness (QED) is 0.281. The highest BCUT2D eigenvalue weighted by atomic mass is 16.7. The van der Waals surface area contributed by atoms with Crippen LogP contribution in [0.1, 0.15) is 78.7 Å². The van der Waals surface area contributed by atoms with Crippen molar-refractivity contribution in [2.24, 2.45) is 26.2 Å². The third kappa shape index (κ3) is 7.99. The van der Waals surface area contributed by atoms with E-state index in [-0.39, 0.29) is 39.6 Å². The Morgan fingerprint density at radius 3 is 1.29 bits per heavy atom. The molecule has 4 aliphatic rings. The summed E-state index contributed by atoms with van der Waals surface area (Å²) in [7, 11) is 0. The number of rotatable bonds is 10. The maximum Gasteiger partial charge on any atom is 0.316 e. The van der Waals surface area contributed by atoms with Crippen LogP contribution in [0.5, 0.6) is 0 Å². The number of carbonyl (C=O) groups is 2. The lowest BCUT2D eigenvalue weighted by Crippen LogP contribution is -2.50. The molecule has 0 amide bonds. The largest absolute Gasteiger partial charge is 0.470 e. The van der Waals surface area contributed by atoms with Crippen molar-refractivity contribution in [2.75, 3.05) is 39.6 Å². The Morgan fingerprint density at radius 2 is 0.961 bits per heavy atom. The molecule has 276 valence electrons. The van der Waals surface area contributed by atoms with Crippen LogP contribution in [0.2, 0.25) is 0 Å². The third-order valence-corrected chi connectivity index (χ3v) is 9.78. The summed E-state index contributed by atoms with van der Waals surface area (Å²) >= 11 is 0. The Balaban J connectivity index is 1.20. The number of nitrogens with zero attached hydrogens (tertiary/aromatic N) is 2. The lowest BCUT2D eigenvalue weighted by molar-refractivity contribution is -0.282. The summed E-state index contributed by atoms with van der Waals surface area (Å²) in [6, 6.07) is 18.3. The standard InChI is InChI=1S/C39H50N2O10/c1-35(2,31-40-27(29(50-31)25-15-11-9-12-16-25)19-44-33(42)38(7)21-46-36(3,4)47-22-38)32-41-28(30(51-32)26-17-13-10-14-18-26)20-45-34(43)39(8)23-48-37(5,6)49-24-39/h9-18,27-30H,19-24H2,1-8H3/t27-,28-,29-,30-/m0/s1. The van der Waals surface area contributed by atoms with Crippen molar-refractivity contribution in [3.05, 3.63) is 71.8 Å². The van der Waals surface area contributed by atoms with E-state index in [0.717, 1.165) is 11.1 Å². The van der Waals surface area contributed by atoms with Crippen LogP contribution in [-0.4, -0.2) is 87.0 Å². The molecule has 0 radical (unpaired) electrons. The van der Waals surface area contributed by atoms with Crippen molar-refractivity contribution in [3.8, 4) is 0 Å². The van der Waals surface area contributed by atoms with Crippen molar-refractivity contribution in [1.82, 2.24) is 0 Å². The molecule has 2 aromatic rings. The Morgan fingerprint density at radius 1 is 0.627 bits per heavy atom. The van der Waals surface area contributed by atoms with E-state index < -0.39 is 64.0 Å². The van der Waals surface area contributed by atoms with E-state index in [4.69, 9.17) is 47.9 Å². The summed E-state index contributed by atoms with van der Waals surface area (Å²) in [6.45, 7) is 15.3. The highest BCUT2D eigenvalue weighted by Gasteiger charge is 2.50. The predicted molar refractivity (Wildman–Crippen MR) is 187 cm³/mol. The molecule has 0 spiro atoms. The summed E-state index contributed by atoms with van der Waals surface area (Å²) in [5.41, 5.74) is -1.06. The number of hydrogen-bond acceptors (Lipinski definition) is 12. The van der Waals surface area contributed by atoms with Crippen LogP contribution in [0.4, 0.5) is 0 Å². The molecule has 0 unspecified atom stereocenters. The van der Waals surface area contributed by atoms with Gasteiger partial charge in [-0.25, -0.2) is 9.98 Å². The summed E-state index contributed by atoms with van der Waals surface area (Å²) in [4.78, 5) is 36.6. The van der Waals surface area contributed by atoms with Crippen LogP contribution in [-0.2, 0) is 47.5 Å². The van der Waals surface area contributed by atoms with Crippen LogP contribution in [0.3, 0.4) is 0 Å². The average molecular weight is 707 g/mol. The summed E-state index contributed by atoms with van der Waals surface area (Å²) < 4.78 is 48.0. The first-order chi connectivity index (χ1) is 24.0. The number of aliphatic imine (C=N–C) groups is 2. The summed E-state index contributed by atoms with van der Waals surface area (Å²) in [5.74, 6) is -1.59. The van der Waals surface area contributed by atoms with Crippen molar-refractivity contribution in [1.29, 1.82) is 0 Å². The molecule has 0 saturated carbocycles. The lowest BCUT2D eigenvalue weighted by atomic mass is 9.91. The van der Waals surface area contributed by atoms with E-state index >= 15 is 0 Å². The Hall–Kier alpha value is -3.84. The second-order valence-corrected chi connectivity index (χ2v) is 15.8. The molecule has 0 N–H and O–H groups in total. The number of ether oxygens (including phenoxy) is 8. The van der Waals surface area contributed by atoms with E-state index in [1.807, 2.05) is 102 Å². The second kappa shape index (κ2) is 13.9. The smallest absolute Gasteiger partial charge is 0.316 e. The number of esters is 2. The molecule has 51 heavy (non-hydrogen) atoms. The number of carbonyl (C=O) groups excluding carboxylic acids is 2. The van der Waals surface area contributed by atoms with Gasteiger partial charge in [-0.1, -0.05) is 60.7 Å². The lowest BCUT2D eigenvalue weighted by Gasteiger charge is -2.39. The molecule has 12 heteroatoms. The first-order valence-electron chi connectivity index (χ1n) is 17.5. The molecule has 2 fully saturated rings. The minimum absolute atomic E-state index is 0.0150. The van der Waals surface area contributed by atoms with Gasteiger partial charge in [0.2, 0.25) is 0 Å². The van der Waals surface area contributed by atoms with Crippen molar-refractivity contribution >= 4 is 23.7 Å². The van der Waals surface area contributed by atoms with Gasteiger partial charge < -0.3 is 37.9 Å². The molecule has 12 nitrogen and oxygen atoms in total. The van der Waals surface area contributed by atoms with E-state index in [2.05, 4.69) is 0 Å². The first-order valence-corrected chi connectivity index (χ1v) is 17.5. The van der Waals surface area contributed by atoms with Gasteiger partial charge in [-0.2, -0.15) is 0 Å². The summed E-state index contributed by atoms with van der Waals surface area (Å²) in [6.07, 6.45) is -1.04. The second-order valence-electron chi connectivity index (χ2n) is 15.8. The Bertz CT molecular complexity index is 1500. The molecule has 2 aromatic carbocycles. The fourth-order valence-electron chi connectivity index (χ4n) is 6.12. The fraction of sp³-hybridized carbons (Fsp3) is 0.590. The Kier molecular flexibility index (Phi) is 10.1. The Labute approximate surface area is 299 Å². The number of benzene rings is 2. The third-order valence-electron chi connectivity index (χ3n) is 9.78. The van der Waals surface area contributed by atoms with Gasteiger partial charge in [0.15, 0.2) is 35.6 Å². The van der Waals surface area contributed by atoms with Crippen molar-refractivity contribution in [3.63, 3.8) is 0 Å². The van der Waals surface area contributed by atoms with Crippen LogP contribution in [0.15, 0.2) is 70.6 Å². The molecule has 6 rings (SSSR count). The molecule has 2 saturated heterocycles. The highest BCUT2D eigenvalue weighted by Crippen LogP contribution is 2.41. The van der Waals surface area contributed by atoms with E-state index in [1.165, 1.54) is 0 Å². The first kappa shape index (κ1) is 36.9. The fourth-order valence-corrected chi connectivity index (χ4v) is 6.12. The molecule has 0 bridgehead atoms. The minimum atomic E-state index is -0.953. The summed E-state index contributed by atoms with van der Waals surface area (Å²) in [5, 5.41) is 0. The normalized spacial score (nSPS) is 27.7. The zero-order valence-corrected chi connectivity index (χ0v) is 30.8. The van der Waals surface area contributed by atoms with Gasteiger partial charge in [0, 0.05) is 0 Å². The number of hydrogen-bond donors (Lipinski definition) is 0. The molecule has 0 aliphatic carbocycles. The molecule has 0 aromatic heterocycles. The highest BCUT2D eigenvalue weighted by molar-refractivity contribution is 6.05. The monoisotopic (exact) mass is 706 g/mol. The zero-order chi connectivity index (χ0) is 36.7. The average Bonchev–Trinajstić information content (AvgIpc) is 3.76. The van der Waals surface area contributed by atoms with Gasteiger partial charge in [0.25, 0.3) is 0 Å². The molecular weight excluding hydrogens is 656 g/mol. The maximum absolute atomic E-state index is 13.3. The van der Waals surface area contributed by atoms with Crippen LogP contribution < -0.4 is 0 Å². The van der Waals surface area contributed by atoms with Gasteiger partial charge in [-0.05, 0) is 66.5 Å². The van der Waals surface area contributed by atoms with Crippen LogP contribution in [0, 0.1) is 16.2 Å². The van der Waals surface area contributed by atoms with Crippen LogP contribution in [0.25, 0.3) is 0 Å². The van der Waals surface area contributed by atoms with E-state index in [1.54, 1.807) is 13.8 Å². The van der Waals surface area contributed by atoms with E-state index in [9.17, 15) is 9.59 Å². The molecular formula is C39H50N2O10. The van der Waals surface area contributed by atoms with Gasteiger partial charge >= 0.3 is 11.9 Å². The van der Waals surface area contributed by atoms with Gasteiger partial charge in [0.1, 0.15) is 41.5 Å². The van der Waals surface area contributed by atoms with Gasteiger partial charge in [-0.3, -0.25) is 9.59 Å². The predicted octanol–water partition coefficient (Wildman–Crippen LogP) is 5.75. The molecule has 4 heterocycles. The van der Waals surface area contributed by atoms with Crippen molar-refractivity contribution < 1.29 is 47.5 Å². The van der Waals surface area contributed by atoms with Gasteiger partial charge in [0.05, 0.1) is 26.4 Å². The zero-order valence-electron chi connectivity index (χ0n) is 30.8. The molecule has 4 aliphatic heterocycles. The van der Waals surface area contributed by atoms with Crippen molar-refractivity contribution in [2.45, 2.75) is 91.3 Å². The van der Waals surface area contributed by atoms with E-state index in [0.29, 0.717) is 11.8 Å². The SMILES string of the molecule is CC1(C)OCC(C)(C(=O)OC[C@@H]2N=C(C(C)(C)C3=N[C@@H](COC(=O)C4(C)COC(C)(C)OC4)[C@H](c4ccccc4)O3)O[C@H]2c2ccccc2)CO1. The van der Waals surface area contributed by atoms with Gasteiger partial charge in [-0.15, -0.1) is 0 Å². The van der Waals surface area contributed by atoms with Crippen LogP contribution >= 0.6 is 0 Å². The maximum atomic E-state index is 13.3. The topological polar surface area (TPSA) is 133 Å². The molecule has 4 atom stereocenters. The minimum Gasteiger partial charge on any atom is -0.470 e.